The Bertz CT molecular complexity index is 997. The van der Waals surface area contributed by atoms with Gasteiger partial charge in [0.15, 0.2) is 5.69 Å². The van der Waals surface area contributed by atoms with Gasteiger partial charge in [-0.1, -0.05) is 38.8 Å². The fourth-order valence-electron chi connectivity index (χ4n) is 4.10. The molecule has 1 unspecified atom stereocenters. The molecule has 0 bridgehead atoms. The molecule has 1 atom stereocenters. The molecular weight excluding hydrogens is 426 g/mol. The Balaban J connectivity index is 2.05. The maximum absolute atomic E-state index is 13.8. The summed E-state index contributed by atoms with van der Waals surface area (Å²) in [7, 11) is 0. The first kappa shape index (κ1) is 23.7. The average Bonchev–Trinajstić information content (AvgIpc) is 3.36. The number of nitrogen functional groups attached to an aromatic ring is 1. The van der Waals surface area contributed by atoms with Crippen LogP contribution in [0, 0.1) is 12.8 Å². The number of primary amides is 1. The Kier molecular flexibility index (Phi) is 7.50. The van der Waals surface area contributed by atoms with E-state index in [2.05, 4.69) is 9.69 Å². The van der Waals surface area contributed by atoms with Crippen molar-refractivity contribution in [3.8, 4) is 0 Å². The summed E-state index contributed by atoms with van der Waals surface area (Å²) in [5.41, 5.74) is 12.8. The van der Waals surface area contributed by atoms with Gasteiger partial charge in [-0.2, -0.15) is 4.37 Å². The highest BCUT2D eigenvalue weighted by Crippen LogP contribution is 2.30. The molecular formula is C23H31N5O3S. The van der Waals surface area contributed by atoms with E-state index in [9.17, 15) is 14.4 Å². The van der Waals surface area contributed by atoms with Crippen LogP contribution in [0.3, 0.4) is 0 Å². The zero-order valence-corrected chi connectivity index (χ0v) is 19.6. The number of amides is 3. The molecule has 172 valence electrons. The van der Waals surface area contributed by atoms with Crippen LogP contribution in [0.25, 0.3) is 0 Å². The molecule has 1 aliphatic carbocycles. The summed E-state index contributed by atoms with van der Waals surface area (Å²) in [6.45, 7) is 5.95. The van der Waals surface area contributed by atoms with Crippen molar-refractivity contribution in [2.75, 3.05) is 10.6 Å². The molecule has 0 spiro atoms. The van der Waals surface area contributed by atoms with Gasteiger partial charge in [0.05, 0.1) is 5.69 Å². The molecule has 1 heterocycles. The van der Waals surface area contributed by atoms with Gasteiger partial charge in [-0.05, 0) is 61.3 Å². The first-order valence-electron chi connectivity index (χ1n) is 10.9. The fourth-order valence-corrected chi connectivity index (χ4v) is 4.84. The second kappa shape index (κ2) is 10.1. The van der Waals surface area contributed by atoms with E-state index < -0.39 is 17.9 Å². The van der Waals surface area contributed by atoms with Crippen molar-refractivity contribution in [2.45, 2.75) is 65.0 Å². The molecule has 0 radical (unpaired) electrons. The van der Waals surface area contributed by atoms with Gasteiger partial charge in [-0.25, -0.2) is 0 Å². The normalized spacial score (nSPS) is 15.0. The minimum atomic E-state index is -0.794. The number of nitrogens with one attached hydrogen (secondary N) is 1. The van der Waals surface area contributed by atoms with Crippen LogP contribution in [0.1, 0.15) is 71.7 Å². The highest BCUT2D eigenvalue weighted by Gasteiger charge is 2.36. The minimum absolute atomic E-state index is 0.0512. The van der Waals surface area contributed by atoms with Gasteiger partial charge in [0.2, 0.25) is 5.91 Å². The van der Waals surface area contributed by atoms with E-state index in [1.807, 2.05) is 39.0 Å². The van der Waals surface area contributed by atoms with Crippen LogP contribution in [0.5, 0.6) is 0 Å². The molecule has 2 aromatic rings. The lowest BCUT2D eigenvalue weighted by Crippen LogP contribution is -2.52. The number of anilines is 2. The topological polar surface area (TPSA) is 131 Å². The Hall–Kier alpha value is -2.94. The van der Waals surface area contributed by atoms with Gasteiger partial charge in [0, 0.05) is 11.7 Å². The molecule has 8 nitrogen and oxygen atoms in total. The summed E-state index contributed by atoms with van der Waals surface area (Å²) in [5.74, 6) is -1.28. The standard InChI is InChI=1S/C23H31N5O3S/c1-13(2)11-17(22(30)26-15-8-4-5-9-15)28(16-10-6-7-14(3)12-16)23(31)20-18(24)19(21(25)29)27-32-20/h6-7,10,12-13,15,17H,4-5,8-9,11,24H2,1-3H3,(H2,25,29)(H,26,30). The number of hydrogen-bond acceptors (Lipinski definition) is 6. The summed E-state index contributed by atoms with van der Waals surface area (Å²) in [4.78, 5) is 40.4. The smallest absolute Gasteiger partial charge is 0.272 e. The van der Waals surface area contributed by atoms with Gasteiger partial charge in [0.25, 0.3) is 11.8 Å². The van der Waals surface area contributed by atoms with Crippen LogP contribution in [0.15, 0.2) is 24.3 Å². The number of nitrogens with two attached hydrogens (primary N) is 2. The molecule has 3 rings (SSSR count). The summed E-state index contributed by atoms with van der Waals surface area (Å²) >= 11 is 0.822. The minimum Gasteiger partial charge on any atom is -0.395 e. The van der Waals surface area contributed by atoms with E-state index in [4.69, 9.17) is 11.5 Å². The van der Waals surface area contributed by atoms with Crippen LogP contribution < -0.4 is 21.7 Å². The highest BCUT2D eigenvalue weighted by molar-refractivity contribution is 7.09. The predicted molar refractivity (Wildman–Crippen MR) is 127 cm³/mol. The Morgan fingerprint density at radius 3 is 2.50 bits per heavy atom. The average molecular weight is 458 g/mol. The third-order valence-electron chi connectivity index (χ3n) is 5.66. The van der Waals surface area contributed by atoms with Gasteiger partial charge in [0.1, 0.15) is 10.9 Å². The van der Waals surface area contributed by atoms with Crippen molar-refractivity contribution in [1.82, 2.24) is 9.69 Å². The molecule has 1 aliphatic rings. The number of aryl methyl sites for hydroxylation is 1. The largest absolute Gasteiger partial charge is 0.395 e. The van der Waals surface area contributed by atoms with E-state index in [1.165, 1.54) is 4.90 Å². The summed E-state index contributed by atoms with van der Waals surface area (Å²) in [6.07, 6.45) is 4.55. The molecule has 0 aliphatic heterocycles. The molecule has 3 amide bonds. The Labute approximate surface area is 192 Å². The van der Waals surface area contributed by atoms with Crippen LogP contribution in [0.2, 0.25) is 0 Å². The van der Waals surface area contributed by atoms with Crippen molar-refractivity contribution in [2.24, 2.45) is 11.7 Å². The third kappa shape index (κ3) is 5.27. The van der Waals surface area contributed by atoms with Crippen molar-refractivity contribution in [3.63, 3.8) is 0 Å². The first-order valence-corrected chi connectivity index (χ1v) is 11.7. The van der Waals surface area contributed by atoms with Crippen LogP contribution in [0.4, 0.5) is 11.4 Å². The van der Waals surface area contributed by atoms with E-state index in [0.29, 0.717) is 12.1 Å². The summed E-state index contributed by atoms with van der Waals surface area (Å²) in [6, 6.07) is 6.82. The second-order valence-electron chi connectivity index (χ2n) is 8.79. The quantitative estimate of drug-likeness (QED) is 0.560. The van der Waals surface area contributed by atoms with Gasteiger partial charge in [-0.15, -0.1) is 0 Å². The van der Waals surface area contributed by atoms with E-state index >= 15 is 0 Å². The lowest BCUT2D eigenvalue weighted by molar-refractivity contribution is -0.123. The van der Waals surface area contributed by atoms with Gasteiger partial charge < -0.3 is 16.8 Å². The molecule has 1 aromatic carbocycles. The van der Waals surface area contributed by atoms with E-state index in [0.717, 1.165) is 42.8 Å². The number of hydrogen-bond donors (Lipinski definition) is 3. The van der Waals surface area contributed by atoms with E-state index in [1.54, 1.807) is 6.07 Å². The molecule has 1 aromatic heterocycles. The lowest BCUT2D eigenvalue weighted by Gasteiger charge is -2.33. The number of aromatic nitrogens is 1. The summed E-state index contributed by atoms with van der Waals surface area (Å²) < 4.78 is 3.97. The molecule has 1 saturated carbocycles. The number of benzene rings is 1. The number of nitrogens with zero attached hydrogens (tertiary/aromatic N) is 2. The van der Waals surface area contributed by atoms with Crippen LogP contribution in [-0.2, 0) is 4.79 Å². The Morgan fingerprint density at radius 1 is 1.25 bits per heavy atom. The maximum Gasteiger partial charge on any atom is 0.272 e. The molecule has 32 heavy (non-hydrogen) atoms. The third-order valence-corrected chi connectivity index (χ3v) is 6.52. The van der Waals surface area contributed by atoms with Crippen molar-refractivity contribution in [1.29, 1.82) is 0 Å². The fraction of sp³-hybridized carbons (Fsp3) is 0.478. The number of rotatable bonds is 8. The predicted octanol–water partition coefficient (Wildman–Crippen LogP) is 3.25. The molecule has 1 fully saturated rings. The SMILES string of the molecule is Cc1cccc(N(C(=O)c2snc(C(N)=O)c2N)C(CC(C)C)C(=O)NC2CCCC2)c1. The number of carbonyl (C=O) groups excluding carboxylic acids is 3. The van der Waals surface area contributed by atoms with Crippen molar-refractivity contribution >= 4 is 40.6 Å². The van der Waals surface area contributed by atoms with Crippen LogP contribution >= 0.6 is 11.5 Å². The molecule has 9 heteroatoms. The maximum atomic E-state index is 13.8. The summed E-state index contributed by atoms with van der Waals surface area (Å²) in [5, 5.41) is 3.14. The van der Waals surface area contributed by atoms with Crippen LogP contribution in [-0.4, -0.2) is 34.2 Å². The van der Waals surface area contributed by atoms with Gasteiger partial charge >= 0.3 is 0 Å². The Morgan fingerprint density at radius 2 is 1.94 bits per heavy atom. The zero-order valence-electron chi connectivity index (χ0n) is 18.8. The van der Waals surface area contributed by atoms with Gasteiger partial charge in [-0.3, -0.25) is 19.3 Å². The molecule has 0 saturated heterocycles. The van der Waals surface area contributed by atoms with E-state index in [-0.39, 0.29) is 34.1 Å². The highest BCUT2D eigenvalue weighted by atomic mass is 32.1. The second-order valence-corrected chi connectivity index (χ2v) is 9.56. The van der Waals surface area contributed by atoms with Crippen molar-refractivity contribution < 1.29 is 14.4 Å². The molecule has 5 N–H and O–H groups in total. The zero-order chi connectivity index (χ0) is 23.4. The lowest BCUT2D eigenvalue weighted by atomic mass is 9.99. The van der Waals surface area contributed by atoms with Crippen molar-refractivity contribution in [3.05, 3.63) is 40.4 Å². The monoisotopic (exact) mass is 457 g/mol. The first-order chi connectivity index (χ1) is 15.2. The number of carbonyl (C=O) groups is 3.